The van der Waals surface area contributed by atoms with Crippen LogP contribution in [0, 0.1) is 0 Å². The molecule has 0 spiro atoms. The van der Waals surface area contributed by atoms with Crippen LogP contribution < -0.4 is 0 Å². The number of alkyl halides is 1. The van der Waals surface area contributed by atoms with Crippen molar-refractivity contribution in [2.24, 2.45) is 0 Å². The molecule has 0 saturated carbocycles. The van der Waals surface area contributed by atoms with Crippen molar-refractivity contribution >= 4 is 21.7 Å². The first-order chi connectivity index (χ1) is 5.68. The molecule has 0 radical (unpaired) electrons. The van der Waals surface area contributed by atoms with Crippen molar-refractivity contribution in [3.8, 4) is 0 Å². The smallest absolute Gasteiger partial charge is 0.130 e. The summed E-state index contributed by atoms with van der Waals surface area (Å²) in [5.74, 6) is 0.269. The van der Waals surface area contributed by atoms with Crippen LogP contribution in [0.4, 0.5) is 0 Å². The average Bonchev–Trinajstić information content (AvgIpc) is 2.03. The summed E-state index contributed by atoms with van der Waals surface area (Å²) in [6, 6.07) is 0. The van der Waals surface area contributed by atoms with Gasteiger partial charge in [-0.25, -0.2) is 0 Å². The Morgan fingerprint density at radius 1 is 1.75 bits per heavy atom. The topological polar surface area (TPSA) is 17.1 Å². The van der Waals surface area contributed by atoms with E-state index < -0.39 is 0 Å². The van der Waals surface area contributed by atoms with Gasteiger partial charge in [-0.1, -0.05) is 39.7 Å². The summed E-state index contributed by atoms with van der Waals surface area (Å²) in [7, 11) is 0. The van der Waals surface area contributed by atoms with Crippen LogP contribution in [0.5, 0.6) is 0 Å². The summed E-state index contributed by atoms with van der Waals surface area (Å²) in [5.41, 5.74) is 1.29. The summed E-state index contributed by atoms with van der Waals surface area (Å²) >= 11 is 3.50. The Kier molecular flexibility index (Phi) is 3.73. The van der Waals surface area contributed by atoms with Gasteiger partial charge in [0.15, 0.2) is 0 Å². The maximum Gasteiger partial charge on any atom is 0.130 e. The quantitative estimate of drug-likeness (QED) is 0.680. The molecule has 0 aromatic carbocycles. The summed E-state index contributed by atoms with van der Waals surface area (Å²) in [6.45, 7) is 1.64. The van der Waals surface area contributed by atoms with Gasteiger partial charge in [0.05, 0.1) is 0 Å². The van der Waals surface area contributed by atoms with E-state index in [9.17, 15) is 4.79 Å². The molecule has 0 saturated heterocycles. The molecule has 12 heavy (non-hydrogen) atoms. The van der Waals surface area contributed by atoms with Crippen LogP contribution >= 0.6 is 15.9 Å². The summed E-state index contributed by atoms with van der Waals surface area (Å²) < 4.78 is 0. The standard InChI is InChI=1S/C10H13BrO/c1-8(12)2-3-9-4-6-10(11)7-5-9/h4-6,10H,2-3,7H2,1H3. The van der Waals surface area contributed by atoms with E-state index in [1.807, 2.05) is 0 Å². The van der Waals surface area contributed by atoms with Gasteiger partial charge in [-0.3, -0.25) is 0 Å². The number of Topliss-reactive ketones (excluding diaryl/α,β-unsaturated/α-hetero) is 1. The van der Waals surface area contributed by atoms with Crippen LogP contribution in [0.2, 0.25) is 0 Å². The number of allylic oxidation sites excluding steroid dienone is 4. The van der Waals surface area contributed by atoms with Gasteiger partial charge in [0.25, 0.3) is 0 Å². The largest absolute Gasteiger partial charge is 0.300 e. The highest BCUT2D eigenvalue weighted by Gasteiger charge is 2.04. The van der Waals surface area contributed by atoms with Gasteiger partial charge in [0, 0.05) is 11.2 Å². The minimum absolute atomic E-state index is 0.269. The van der Waals surface area contributed by atoms with Gasteiger partial charge in [-0.2, -0.15) is 0 Å². The zero-order valence-electron chi connectivity index (χ0n) is 7.22. The van der Waals surface area contributed by atoms with E-state index in [4.69, 9.17) is 0 Å². The lowest BCUT2D eigenvalue weighted by Gasteiger charge is -2.09. The third-order valence-corrected chi connectivity index (χ3v) is 2.57. The number of halogens is 1. The fourth-order valence-corrected chi connectivity index (χ4v) is 1.48. The Hall–Kier alpha value is -0.370. The second-order valence-electron chi connectivity index (χ2n) is 3.09. The highest BCUT2D eigenvalue weighted by atomic mass is 79.9. The van der Waals surface area contributed by atoms with Gasteiger partial charge in [-0.15, -0.1) is 0 Å². The lowest BCUT2D eigenvalue weighted by Crippen LogP contribution is -1.98. The molecule has 1 nitrogen and oxygen atoms in total. The molecule has 66 valence electrons. The molecule has 1 aliphatic rings. The predicted octanol–water partition coefficient (Wildman–Crippen LogP) is 3.01. The summed E-state index contributed by atoms with van der Waals surface area (Å²) in [5, 5.41) is 0. The third kappa shape index (κ3) is 3.35. The first-order valence-corrected chi connectivity index (χ1v) is 5.11. The maximum absolute atomic E-state index is 10.7. The molecule has 0 bridgehead atoms. The van der Waals surface area contributed by atoms with Crippen LogP contribution in [0.1, 0.15) is 26.2 Å². The van der Waals surface area contributed by atoms with Crippen LogP contribution in [0.25, 0.3) is 0 Å². The van der Waals surface area contributed by atoms with Gasteiger partial charge in [0.1, 0.15) is 5.78 Å². The number of rotatable bonds is 3. The van der Waals surface area contributed by atoms with Gasteiger partial charge in [-0.05, 0) is 19.8 Å². The van der Waals surface area contributed by atoms with E-state index in [2.05, 4.69) is 34.2 Å². The fourth-order valence-electron chi connectivity index (χ4n) is 1.14. The van der Waals surface area contributed by atoms with Crippen LogP contribution in [0.15, 0.2) is 23.8 Å². The number of hydrogen-bond donors (Lipinski definition) is 0. The lowest BCUT2D eigenvalue weighted by molar-refractivity contribution is -0.116. The summed E-state index contributed by atoms with van der Waals surface area (Å²) in [4.78, 5) is 11.2. The molecular formula is C10H13BrO. The highest BCUT2D eigenvalue weighted by Crippen LogP contribution is 2.19. The lowest BCUT2D eigenvalue weighted by atomic mass is 10.0. The number of carbonyl (C=O) groups is 1. The zero-order chi connectivity index (χ0) is 8.97. The molecule has 0 aliphatic heterocycles. The Balaban J connectivity index is 2.35. The SMILES string of the molecule is CC(=O)CCC1=CCC(Br)C=C1. The monoisotopic (exact) mass is 228 g/mol. The van der Waals surface area contributed by atoms with Crippen LogP contribution in [0.3, 0.4) is 0 Å². The van der Waals surface area contributed by atoms with E-state index in [0.29, 0.717) is 11.2 Å². The first-order valence-electron chi connectivity index (χ1n) is 4.19. The second kappa shape index (κ2) is 4.61. The first kappa shape index (κ1) is 9.72. The van der Waals surface area contributed by atoms with E-state index in [-0.39, 0.29) is 5.78 Å². The van der Waals surface area contributed by atoms with E-state index in [1.54, 1.807) is 6.92 Å². The summed E-state index contributed by atoms with van der Waals surface area (Å²) in [6.07, 6.45) is 9.04. The zero-order valence-corrected chi connectivity index (χ0v) is 8.80. The molecule has 1 atom stereocenters. The van der Waals surface area contributed by atoms with Crippen molar-refractivity contribution in [3.63, 3.8) is 0 Å². The Morgan fingerprint density at radius 2 is 2.50 bits per heavy atom. The molecule has 0 N–H and O–H groups in total. The molecule has 0 amide bonds. The number of carbonyl (C=O) groups excluding carboxylic acids is 1. The Labute approximate surface area is 81.7 Å². The predicted molar refractivity (Wildman–Crippen MR) is 54.5 cm³/mol. The van der Waals surface area contributed by atoms with Crippen molar-refractivity contribution in [3.05, 3.63) is 23.8 Å². The van der Waals surface area contributed by atoms with Crippen molar-refractivity contribution in [2.75, 3.05) is 0 Å². The number of ketones is 1. The molecular weight excluding hydrogens is 216 g/mol. The third-order valence-electron chi connectivity index (χ3n) is 1.89. The van der Waals surface area contributed by atoms with E-state index >= 15 is 0 Å². The van der Waals surface area contributed by atoms with Crippen LogP contribution in [-0.4, -0.2) is 10.6 Å². The van der Waals surface area contributed by atoms with Gasteiger partial charge >= 0.3 is 0 Å². The Morgan fingerprint density at radius 3 is 3.00 bits per heavy atom. The number of hydrogen-bond acceptors (Lipinski definition) is 1. The van der Waals surface area contributed by atoms with E-state index in [1.165, 1.54) is 5.57 Å². The van der Waals surface area contributed by atoms with Gasteiger partial charge < -0.3 is 4.79 Å². The van der Waals surface area contributed by atoms with E-state index in [0.717, 1.165) is 12.8 Å². The molecule has 1 unspecified atom stereocenters. The van der Waals surface area contributed by atoms with Crippen molar-refractivity contribution in [1.82, 2.24) is 0 Å². The molecule has 0 fully saturated rings. The van der Waals surface area contributed by atoms with Crippen molar-refractivity contribution in [2.45, 2.75) is 31.0 Å². The minimum Gasteiger partial charge on any atom is -0.300 e. The van der Waals surface area contributed by atoms with Gasteiger partial charge in [0.2, 0.25) is 0 Å². The molecule has 0 heterocycles. The molecule has 1 rings (SSSR count). The molecule has 0 aromatic heterocycles. The molecule has 2 heteroatoms. The maximum atomic E-state index is 10.7. The minimum atomic E-state index is 0.269. The average molecular weight is 229 g/mol. The fraction of sp³-hybridized carbons (Fsp3) is 0.500. The van der Waals surface area contributed by atoms with Crippen LogP contribution in [-0.2, 0) is 4.79 Å². The van der Waals surface area contributed by atoms with Crippen molar-refractivity contribution < 1.29 is 4.79 Å². The van der Waals surface area contributed by atoms with Crippen molar-refractivity contribution in [1.29, 1.82) is 0 Å². The second-order valence-corrected chi connectivity index (χ2v) is 4.27. The Bertz CT molecular complexity index is 228. The normalized spacial score (nSPS) is 22.2. The highest BCUT2D eigenvalue weighted by molar-refractivity contribution is 9.09. The molecule has 0 aromatic rings. The molecule has 1 aliphatic carbocycles.